The number of carbonyl (C=O) groups excluding carboxylic acids is 4. The SMILES string of the molecule is COc1ccc(NC(=O)COc2ccc(/C=C3\C(=O)NC(=O)N(c4ccc(C)c(Cl)c4)C3=O)cc2)cc1. The molecule has 0 bridgehead atoms. The number of aryl methyl sites for hydroxylation is 1. The van der Waals surface area contributed by atoms with Crippen LogP contribution in [-0.4, -0.2) is 37.5 Å². The number of halogens is 1. The quantitative estimate of drug-likeness (QED) is 0.354. The van der Waals surface area contributed by atoms with Crippen molar-refractivity contribution in [2.24, 2.45) is 0 Å². The highest BCUT2D eigenvalue weighted by Crippen LogP contribution is 2.27. The van der Waals surface area contributed by atoms with Gasteiger partial charge in [0.15, 0.2) is 6.61 Å². The summed E-state index contributed by atoms with van der Waals surface area (Å²) in [5.41, 5.74) is 1.93. The van der Waals surface area contributed by atoms with Gasteiger partial charge in [-0.25, -0.2) is 9.69 Å². The molecule has 0 aromatic heterocycles. The molecule has 0 unspecified atom stereocenters. The maximum atomic E-state index is 13.0. The first-order valence-electron chi connectivity index (χ1n) is 11.1. The van der Waals surface area contributed by atoms with Crippen molar-refractivity contribution < 1.29 is 28.7 Å². The van der Waals surface area contributed by atoms with Gasteiger partial charge in [-0.1, -0.05) is 29.8 Å². The number of nitrogens with one attached hydrogen (secondary N) is 2. The third kappa shape index (κ3) is 5.96. The third-order valence-electron chi connectivity index (χ3n) is 5.45. The van der Waals surface area contributed by atoms with Gasteiger partial charge in [0, 0.05) is 10.7 Å². The van der Waals surface area contributed by atoms with Crippen LogP contribution in [-0.2, 0) is 14.4 Å². The minimum absolute atomic E-state index is 0.219. The molecular formula is C27H22ClN3O6. The lowest BCUT2D eigenvalue weighted by molar-refractivity contribution is -0.122. The van der Waals surface area contributed by atoms with E-state index in [9.17, 15) is 19.2 Å². The van der Waals surface area contributed by atoms with Gasteiger partial charge in [0.2, 0.25) is 0 Å². The first kappa shape index (κ1) is 25.5. The van der Waals surface area contributed by atoms with E-state index in [1.165, 1.54) is 12.1 Å². The highest BCUT2D eigenvalue weighted by molar-refractivity contribution is 6.39. The number of rotatable bonds is 7. The number of carbonyl (C=O) groups is 4. The number of hydrogen-bond donors (Lipinski definition) is 2. The predicted molar refractivity (Wildman–Crippen MR) is 139 cm³/mol. The number of ether oxygens (including phenoxy) is 2. The second kappa shape index (κ2) is 11.0. The smallest absolute Gasteiger partial charge is 0.335 e. The van der Waals surface area contributed by atoms with Crippen molar-refractivity contribution in [2.45, 2.75) is 6.92 Å². The fraction of sp³-hybridized carbons (Fsp3) is 0.111. The second-order valence-corrected chi connectivity index (χ2v) is 8.43. The number of urea groups is 1. The number of amides is 5. The first-order chi connectivity index (χ1) is 17.7. The molecule has 0 saturated carbocycles. The van der Waals surface area contributed by atoms with Crippen molar-refractivity contribution in [1.82, 2.24) is 5.32 Å². The molecule has 5 amide bonds. The largest absolute Gasteiger partial charge is 0.497 e. The molecule has 9 nitrogen and oxygen atoms in total. The Labute approximate surface area is 217 Å². The summed E-state index contributed by atoms with van der Waals surface area (Å²) in [6.45, 7) is 1.57. The standard InChI is InChI=1S/C27H22ClN3O6/c1-16-3-8-19(14-23(16)28)31-26(34)22(25(33)30-27(31)35)13-17-4-9-21(10-5-17)37-15-24(32)29-18-6-11-20(36-2)12-7-18/h3-14H,15H2,1-2H3,(H,29,32)(H,30,33,35)/b22-13+. The molecule has 3 aromatic carbocycles. The second-order valence-electron chi connectivity index (χ2n) is 8.03. The maximum Gasteiger partial charge on any atom is 0.335 e. The average Bonchev–Trinajstić information content (AvgIpc) is 2.88. The van der Waals surface area contributed by atoms with Crippen molar-refractivity contribution in [3.8, 4) is 11.5 Å². The highest BCUT2D eigenvalue weighted by Gasteiger charge is 2.36. The zero-order chi connectivity index (χ0) is 26.5. The normalized spacial score (nSPS) is 14.4. The summed E-state index contributed by atoms with van der Waals surface area (Å²) < 4.78 is 10.6. The number of barbiturate groups is 1. The van der Waals surface area contributed by atoms with Gasteiger partial charge in [0.25, 0.3) is 17.7 Å². The maximum absolute atomic E-state index is 13.0. The van der Waals surface area contributed by atoms with Crippen LogP contribution in [0.2, 0.25) is 5.02 Å². The van der Waals surface area contributed by atoms with Crippen LogP contribution in [0, 0.1) is 6.92 Å². The van der Waals surface area contributed by atoms with Gasteiger partial charge in [0.05, 0.1) is 12.8 Å². The van der Waals surface area contributed by atoms with Crippen LogP contribution in [0.5, 0.6) is 11.5 Å². The Kier molecular flexibility index (Phi) is 7.55. The van der Waals surface area contributed by atoms with Crippen LogP contribution in [0.3, 0.4) is 0 Å². The molecule has 1 heterocycles. The Morgan fingerprint density at radius 2 is 1.68 bits per heavy atom. The van der Waals surface area contributed by atoms with E-state index >= 15 is 0 Å². The third-order valence-corrected chi connectivity index (χ3v) is 5.86. The molecule has 1 aliphatic heterocycles. The monoisotopic (exact) mass is 519 g/mol. The van der Waals surface area contributed by atoms with Gasteiger partial charge in [0.1, 0.15) is 17.1 Å². The Morgan fingerprint density at radius 3 is 2.32 bits per heavy atom. The van der Waals surface area contributed by atoms with Gasteiger partial charge in [-0.05, 0) is 72.7 Å². The molecule has 1 saturated heterocycles. The van der Waals surface area contributed by atoms with Crippen LogP contribution in [0.1, 0.15) is 11.1 Å². The summed E-state index contributed by atoms with van der Waals surface area (Å²) in [6, 6.07) is 17.2. The number of anilines is 2. The zero-order valence-corrected chi connectivity index (χ0v) is 20.7. The van der Waals surface area contributed by atoms with Gasteiger partial charge in [-0.15, -0.1) is 0 Å². The molecule has 0 aliphatic carbocycles. The van der Waals surface area contributed by atoms with Crippen molar-refractivity contribution in [2.75, 3.05) is 23.9 Å². The topological polar surface area (TPSA) is 114 Å². The van der Waals surface area contributed by atoms with Gasteiger partial charge in [-0.3, -0.25) is 19.7 Å². The van der Waals surface area contributed by atoms with Crippen LogP contribution >= 0.6 is 11.6 Å². The van der Waals surface area contributed by atoms with E-state index in [-0.39, 0.29) is 23.8 Å². The Bertz CT molecular complexity index is 1400. The summed E-state index contributed by atoms with van der Waals surface area (Å²) in [4.78, 5) is 50.8. The first-order valence-corrected chi connectivity index (χ1v) is 11.5. The number of methoxy groups -OCH3 is 1. The Hall–Kier alpha value is -4.63. The molecule has 188 valence electrons. The van der Waals surface area contributed by atoms with E-state index in [1.807, 2.05) is 0 Å². The average molecular weight is 520 g/mol. The number of nitrogens with zero attached hydrogens (tertiary/aromatic N) is 1. The van der Waals surface area contributed by atoms with E-state index < -0.39 is 17.8 Å². The highest BCUT2D eigenvalue weighted by atomic mass is 35.5. The zero-order valence-electron chi connectivity index (χ0n) is 19.9. The summed E-state index contributed by atoms with van der Waals surface area (Å²) >= 11 is 6.14. The molecule has 4 rings (SSSR count). The van der Waals surface area contributed by atoms with E-state index in [0.717, 1.165) is 10.5 Å². The van der Waals surface area contributed by atoms with Crippen LogP contribution in [0.4, 0.5) is 16.2 Å². The molecule has 2 N–H and O–H groups in total. The summed E-state index contributed by atoms with van der Waals surface area (Å²) in [7, 11) is 1.56. The van der Waals surface area contributed by atoms with Crippen LogP contribution in [0.25, 0.3) is 6.08 Å². The predicted octanol–water partition coefficient (Wildman–Crippen LogP) is 4.34. The molecule has 0 spiro atoms. The minimum atomic E-state index is -0.858. The van der Waals surface area contributed by atoms with Crippen molar-refractivity contribution in [1.29, 1.82) is 0 Å². The molecule has 1 fully saturated rings. The molecule has 0 radical (unpaired) electrons. The van der Waals surface area contributed by atoms with E-state index in [1.54, 1.807) is 74.7 Å². The van der Waals surface area contributed by atoms with Crippen LogP contribution < -0.4 is 25.0 Å². The molecule has 37 heavy (non-hydrogen) atoms. The van der Waals surface area contributed by atoms with Gasteiger partial charge >= 0.3 is 6.03 Å². The lowest BCUT2D eigenvalue weighted by Crippen LogP contribution is -2.54. The fourth-order valence-electron chi connectivity index (χ4n) is 3.46. The van der Waals surface area contributed by atoms with Gasteiger partial charge in [-0.2, -0.15) is 0 Å². The number of imide groups is 2. The summed E-state index contributed by atoms with van der Waals surface area (Å²) in [6.07, 6.45) is 1.37. The summed E-state index contributed by atoms with van der Waals surface area (Å²) in [5.74, 6) is -0.834. The lowest BCUT2D eigenvalue weighted by Gasteiger charge is -2.26. The fourth-order valence-corrected chi connectivity index (χ4v) is 3.63. The Balaban J connectivity index is 1.42. The molecular weight excluding hydrogens is 498 g/mol. The molecule has 1 aliphatic rings. The summed E-state index contributed by atoms with van der Waals surface area (Å²) in [5, 5.41) is 5.27. The van der Waals surface area contributed by atoms with E-state index in [2.05, 4.69) is 10.6 Å². The lowest BCUT2D eigenvalue weighted by atomic mass is 10.1. The molecule has 10 heteroatoms. The van der Waals surface area contributed by atoms with E-state index in [4.69, 9.17) is 21.1 Å². The Morgan fingerprint density at radius 1 is 1.00 bits per heavy atom. The van der Waals surface area contributed by atoms with Crippen molar-refractivity contribution >= 4 is 52.8 Å². The van der Waals surface area contributed by atoms with Gasteiger partial charge < -0.3 is 14.8 Å². The molecule has 3 aromatic rings. The minimum Gasteiger partial charge on any atom is -0.497 e. The van der Waals surface area contributed by atoms with Crippen LogP contribution in [0.15, 0.2) is 72.3 Å². The number of benzene rings is 3. The molecule has 0 atom stereocenters. The van der Waals surface area contributed by atoms with Crippen molar-refractivity contribution in [3.05, 3.63) is 88.5 Å². The van der Waals surface area contributed by atoms with Crippen molar-refractivity contribution in [3.63, 3.8) is 0 Å². The van der Waals surface area contributed by atoms with E-state index in [0.29, 0.717) is 27.8 Å². The number of hydrogen-bond acceptors (Lipinski definition) is 6.